The van der Waals surface area contributed by atoms with Gasteiger partial charge in [-0.3, -0.25) is 10.1 Å². The molecular formula is C10H13FN2O6S. The van der Waals surface area contributed by atoms with Gasteiger partial charge in [0.25, 0.3) is 0 Å². The number of benzene rings is 1. The van der Waals surface area contributed by atoms with E-state index in [0.29, 0.717) is 6.07 Å². The van der Waals surface area contributed by atoms with E-state index in [1.165, 1.54) is 6.92 Å². The zero-order valence-corrected chi connectivity index (χ0v) is 11.2. The van der Waals surface area contributed by atoms with E-state index in [1.54, 1.807) is 0 Å². The van der Waals surface area contributed by atoms with Gasteiger partial charge in [-0.2, -0.15) is 4.39 Å². The van der Waals surface area contributed by atoms with Crippen LogP contribution in [-0.4, -0.2) is 42.8 Å². The Kier molecular flexibility index (Phi) is 5.11. The summed E-state index contributed by atoms with van der Waals surface area (Å²) < 4.78 is 39.1. The van der Waals surface area contributed by atoms with Crippen LogP contribution in [0.2, 0.25) is 0 Å². The zero-order valence-electron chi connectivity index (χ0n) is 10.4. The fourth-order valence-corrected chi connectivity index (χ4v) is 2.54. The van der Waals surface area contributed by atoms with Gasteiger partial charge < -0.3 is 10.2 Å². The number of sulfonamides is 1. The summed E-state index contributed by atoms with van der Waals surface area (Å²) >= 11 is 0. The average molecular weight is 308 g/mol. The highest BCUT2D eigenvalue weighted by Gasteiger charge is 2.24. The quantitative estimate of drug-likeness (QED) is 0.487. The molecule has 10 heteroatoms. The molecule has 8 nitrogen and oxygen atoms in total. The Bertz CT molecular complexity index is 618. The summed E-state index contributed by atoms with van der Waals surface area (Å²) in [6.45, 7) is 0.0814. The highest BCUT2D eigenvalue weighted by molar-refractivity contribution is 7.89. The summed E-state index contributed by atoms with van der Waals surface area (Å²) in [5.74, 6) is -1.11. The smallest absolute Gasteiger partial charge is 0.306 e. The summed E-state index contributed by atoms with van der Waals surface area (Å²) in [6, 6.07) is 1.53. The third kappa shape index (κ3) is 3.70. The summed E-state index contributed by atoms with van der Waals surface area (Å²) in [4.78, 5) is 9.13. The minimum Gasteiger partial charge on any atom is -0.394 e. The van der Waals surface area contributed by atoms with Gasteiger partial charge in [0.1, 0.15) is 0 Å². The van der Waals surface area contributed by atoms with E-state index in [2.05, 4.69) is 0 Å². The van der Waals surface area contributed by atoms with Crippen LogP contribution in [0.4, 0.5) is 10.1 Å². The van der Waals surface area contributed by atoms with Gasteiger partial charge >= 0.3 is 5.69 Å². The number of nitrogens with one attached hydrogen (secondary N) is 1. The third-order valence-electron chi connectivity index (χ3n) is 2.44. The molecule has 1 aromatic carbocycles. The van der Waals surface area contributed by atoms with E-state index in [-0.39, 0.29) is 5.56 Å². The van der Waals surface area contributed by atoms with Crippen molar-refractivity contribution >= 4 is 15.7 Å². The Morgan fingerprint density at radius 3 is 2.60 bits per heavy atom. The van der Waals surface area contributed by atoms with Crippen molar-refractivity contribution < 1.29 is 27.9 Å². The van der Waals surface area contributed by atoms with Crippen molar-refractivity contribution in [1.29, 1.82) is 0 Å². The largest absolute Gasteiger partial charge is 0.394 e. The van der Waals surface area contributed by atoms with Gasteiger partial charge in [0, 0.05) is 12.6 Å². The van der Waals surface area contributed by atoms with Crippen molar-refractivity contribution in [3.05, 3.63) is 33.6 Å². The first-order valence-electron chi connectivity index (χ1n) is 5.42. The van der Waals surface area contributed by atoms with Gasteiger partial charge in [0.15, 0.2) is 0 Å². The molecule has 0 aliphatic carbocycles. The van der Waals surface area contributed by atoms with E-state index in [1.807, 2.05) is 4.72 Å². The van der Waals surface area contributed by atoms with Crippen molar-refractivity contribution in [2.45, 2.75) is 17.9 Å². The molecule has 0 aromatic heterocycles. The van der Waals surface area contributed by atoms with E-state index in [4.69, 9.17) is 10.2 Å². The lowest BCUT2D eigenvalue weighted by Crippen LogP contribution is -2.34. The monoisotopic (exact) mass is 308 g/mol. The second-order valence-corrected chi connectivity index (χ2v) is 5.79. The van der Waals surface area contributed by atoms with Gasteiger partial charge in [-0.15, -0.1) is 0 Å². The van der Waals surface area contributed by atoms with Crippen LogP contribution in [-0.2, 0) is 10.0 Å². The lowest BCUT2D eigenvalue weighted by atomic mass is 10.2. The number of halogens is 1. The topological polar surface area (TPSA) is 130 Å². The molecule has 20 heavy (non-hydrogen) atoms. The number of aryl methyl sites for hydroxylation is 1. The fourth-order valence-electron chi connectivity index (χ4n) is 1.36. The maximum atomic E-state index is 13.5. The Hall–Kier alpha value is -1.62. The molecule has 0 saturated heterocycles. The maximum absolute atomic E-state index is 13.5. The number of hydrogen-bond acceptors (Lipinski definition) is 6. The molecule has 0 radical (unpaired) electrons. The van der Waals surface area contributed by atoms with Crippen LogP contribution in [0, 0.1) is 22.9 Å². The molecule has 1 atom stereocenters. The lowest BCUT2D eigenvalue weighted by Gasteiger charge is -2.10. The number of nitro benzene ring substituents is 1. The number of hydrogen-bond donors (Lipinski definition) is 3. The van der Waals surface area contributed by atoms with Crippen LogP contribution in [0.15, 0.2) is 17.0 Å². The van der Waals surface area contributed by atoms with E-state index in [0.717, 1.165) is 6.07 Å². The van der Waals surface area contributed by atoms with E-state index in [9.17, 15) is 22.9 Å². The van der Waals surface area contributed by atoms with Crippen molar-refractivity contribution in [2.24, 2.45) is 0 Å². The van der Waals surface area contributed by atoms with Crippen molar-refractivity contribution in [3.8, 4) is 0 Å². The van der Waals surface area contributed by atoms with Gasteiger partial charge in [0.05, 0.1) is 22.5 Å². The first-order chi connectivity index (χ1) is 9.19. The van der Waals surface area contributed by atoms with Gasteiger partial charge in [0.2, 0.25) is 15.8 Å². The van der Waals surface area contributed by atoms with Crippen molar-refractivity contribution in [1.82, 2.24) is 4.72 Å². The lowest BCUT2D eigenvalue weighted by molar-refractivity contribution is -0.387. The molecule has 1 unspecified atom stereocenters. The number of nitrogens with zero attached hydrogens (tertiary/aromatic N) is 1. The molecule has 0 heterocycles. The average Bonchev–Trinajstić information content (AvgIpc) is 2.38. The molecule has 0 aliphatic heterocycles. The molecule has 3 N–H and O–H groups in total. The van der Waals surface area contributed by atoms with Crippen LogP contribution < -0.4 is 4.72 Å². The maximum Gasteiger partial charge on any atom is 0.306 e. The normalized spacial score (nSPS) is 13.2. The van der Waals surface area contributed by atoms with Crippen LogP contribution in [0.1, 0.15) is 5.56 Å². The van der Waals surface area contributed by atoms with Gasteiger partial charge in [-0.05, 0) is 18.6 Å². The van der Waals surface area contributed by atoms with Crippen LogP contribution in [0.5, 0.6) is 0 Å². The standard InChI is InChI=1S/C10H13FN2O6S/c1-6-2-8(3-9(10(6)11)13(16)17)20(18,19)12-4-7(15)5-14/h2-3,7,12,14-15H,4-5H2,1H3. The molecule has 1 aromatic rings. The van der Waals surface area contributed by atoms with Crippen LogP contribution >= 0.6 is 0 Å². The van der Waals surface area contributed by atoms with E-state index >= 15 is 0 Å². The van der Waals surface area contributed by atoms with Crippen LogP contribution in [0.25, 0.3) is 0 Å². The predicted octanol–water partition coefficient (Wildman–Crippen LogP) is -0.326. The molecule has 0 spiro atoms. The Balaban J connectivity index is 3.16. The number of nitro groups is 1. The highest BCUT2D eigenvalue weighted by atomic mass is 32.2. The van der Waals surface area contributed by atoms with Crippen LogP contribution in [0.3, 0.4) is 0 Å². The molecule has 0 fully saturated rings. The summed E-state index contributed by atoms with van der Waals surface area (Å²) in [5, 5.41) is 28.3. The minimum atomic E-state index is -4.15. The van der Waals surface area contributed by atoms with Crippen molar-refractivity contribution in [3.63, 3.8) is 0 Å². The summed E-state index contributed by atoms with van der Waals surface area (Å²) in [5.41, 5.74) is -1.14. The Morgan fingerprint density at radius 2 is 2.10 bits per heavy atom. The molecule has 0 aliphatic rings. The van der Waals surface area contributed by atoms with Gasteiger partial charge in [-0.25, -0.2) is 13.1 Å². The van der Waals surface area contributed by atoms with Crippen molar-refractivity contribution in [2.75, 3.05) is 13.2 Å². The highest BCUT2D eigenvalue weighted by Crippen LogP contribution is 2.24. The number of aliphatic hydroxyl groups is 2. The minimum absolute atomic E-state index is 0.192. The summed E-state index contributed by atoms with van der Waals surface area (Å²) in [7, 11) is -4.15. The molecule has 1 rings (SSSR count). The first-order valence-corrected chi connectivity index (χ1v) is 6.90. The van der Waals surface area contributed by atoms with E-state index < -0.39 is 50.6 Å². The number of rotatable bonds is 6. The van der Waals surface area contributed by atoms with Gasteiger partial charge in [-0.1, -0.05) is 0 Å². The first kappa shape index (κ1) is 16.4. The molecule has 0 bridgehead atoms. The Labute approximate surface area is 114 Å². The number of aliphatic hydroxyl groups excluding tert-OH is 2. The molecule has 0 saturated carbocycles. The zero-order chi connectivity index (χ0) is 15.5. The predicted molar refractivity (Wildman–Crippen MR) is 66.1 cm³/mol. The molecular weight excluding hydrogens is 295 g/mol. The fraction of sp³-hybridized carbons (Fsp3) is 0.400. The third-order valence-corrected chi connectivity index (χ3v) is 3.84. The Morgan fingerprint density at radius 1 is 1.50 bits per heavy atom. The molecule has 112 valence electrons. The SMILES string of the molecule is Cc1cc(S(=O)(=O)NCC(O)CO)cc([N+](=O)[O-])c1F. The second kappa shape index (κ2) is 6.22. The second-order valence-electron chi connectivity index (χ2n) is 4.02. The summed E-state index contributed by atoms with van der Waals surface area (Å²) in [6.07, 6.45) is -1.30. The molecule has 0 amide bonds.